The summed E-state index contributed by atoms with van der Waals surface area (Å²) in [6, 6.07) is 3.65. The van der Waals surface area contributed by atoms with Crippen molar-refractivity contribution in [1.29, 1.82) is 0 Å². The van der Waals surface area contributed by atoms with Crippen LogP contribution in [0.5, 0.6) is 11.6 Å². The Morgan fingerprint density at radius 2 is 1.86 bits per heavy atom. The van der Waals surface area contributed by atoms with E-state index in [0.717, 1.165) is 37.1 Å². The summed E-state index contributed by atoms with van der Waals surface area (Å²) in [6.45, 7) is 5.60. The molecule has 0 N–H and O–H groups in total. The SMILES string of the molecule is Cc1cc(Oc2ncnc(N(C)C3CCN(C)CC3)c2[N+](=O)[O-])cc(C)c1Cl. The predicted molar refractivity (Wildman–Crippen MR) is 109 cm³/mol. The molecule has 1 aliphatic rings. The highest BCUT2D eigenvalue weighted by molar-refractivity contribution is 6.32. The maximum absolute atomic E-state index is 11.8. The summed E-state index contributed by atoms with van der Waals surface area (Å²) >= 11 is 6.20. The molecule has 1 saturated heterocycles. The van der Waals surface area contributed by atoms with Gasteiger partial charge in [-0.2, -0.15) is 4.98 Å². The average Bonchev–Trinajstić information content (AvgIpc) is 2.65. The van der Waals surface area contributed by atoms with E-state index in [-0.39, 0.29) is 23.4 Å². The number of nitrogens with zero attached hydrogens (tertiary/aromatic N) is 5. The molecule has 3 rings (SSSR count). The van der Waals surface area contributed by atoms with Crippen LogP contribution in [0.25, 0.3) is 0 Å². The molecule has 150 valence electrons. The molecule has 2 aromatic rings. The molecule has 0 spiro atoms. The van der Waals surface area contributed by atoms with Crippen LogP contribution in [0.2, 0.25) is 5.02 Å². The lowest BCUT2D eigenvalue weighted by molar-refractivity contribution is -0.385. The van der Waals surface area contributed by atoms with Crippen LogP contribution in [0.4, 0.5) is 11.5 Å². The van der Waals surface area contributed by atoms with Crippen molar-refractivity contribution in [2.45, 2.75) is 32.7 Å². The standard InChI is InChI=1S/C19H24ClN5O3/c1-12-9-15(10-13(2)16(12)20)28-19-17(25(26)27)18(21-11-22-19)24(4)14-5-7-23(3)8-6-14/h9-11,14H,5-8H2,1-4H3. The van der Waals surface area contributed by atoms with Gasteiger partial charge in [0.25, 0.3) is 0 Å². The molecule has 0 saturated carbocycles. The van der Waals surface area contributed by atoms with Gasteiger partial charge in [0.15, 0.2) is 0 Å². The van der Waals surface area contributed by atoms with Gasteiger partial charge in [0, 0.05) is 18.1 Å². The van der Waals surface area contributed by atoms with Crippen LogP contribution < -0.4 is 9.64 Å². The number of benzene rings is 1. The Labute approximate surface area is 169 Å². The number of ether oxygens (including phenoxy) is 1. The summed E-state index contributed by atoms with van der Waals surface area (Å²) < 4.78 is 5.80. The normalized spacial score (nSPS) is 15.5. The summed E-state index contributed by atoms with van der Waals surface area (Å²) in [7, 11) is 3.91. The molecule has 1 aromatic heterocycles. The number of nitro groups is 1. The number of aryl methyl sites for hydroxylation is 2. The summed E-state index contributed by atoms with van der Waals surface area (Å²) in [4.78, 5) is 23.7. The van der Waals surface area contributed by atoms with Gasteiger partial charge in [-0.05, 0) is 70.1 Å². The highest BCUT2D eigenvalue weighted by Crippen LogP contribution is 2.38. The zero-order valence-corrected chi connectivity index (χ0v) is 17.2. The second-order valence-electron chi connectivity index (χ2n) is 7.23. The Morgan fingerprint density at radius 3 is 2.43 bits per heavy atom. The van der Waals surface area contributed by atoms with Crippen molar-refractivity contribution in [3.05, 3.63) is 44.7 Å². The molecule has 9 heteroatoms. The number of halogens is 1. The van der Waals surface area contributed by atoms with Crippen LogP contribution >= 0.6 is 11.6 Å². The van der Waals surface area contributed by atoms with Gasteiger partial charge in [-0.15, -0.1) is 0 Å². The van der Waals surface area contributed by atoms with E-state index in [4.69, 9.17) is 16.3 Å². The first-order valence-electron chi connectivity index (χ1n) is 9.13. The van der Waals surface area contributed by atoms with Gasteiger partial charge in [0.2, 0.25) is 5.82 Å². The number of aromatic nitrogens is 2. The Kier molecular flexibility index (Phi) is 6.00. The maximum atomic E-state index is 11.8. The van der Waals surface area contributed by atoms with Crippen LogP contribution in [0.1, 0.15) is 24.0 Å². The van der Waals surface area contributed by atoms with Crippen molar-refractivity contribution in [3.63, 3.8) is 0 Å². The fourth-order valence-corrected chi connectivity index (χ4v) is 3.59. The molecule has 1 aromatic carbocycles. The Balaban J connectivity index is 1.95. The van der Waals surface area contributed by atoms with E-state index in [2.05, 4.69) is 21.9 Å². The highest BCUT2D eigenvalue weighted by Gasteiger charge is 2.31. The second-order valence-corrected chi connectivity index (χ2v) is 7.60. The van der Waals surface area contributed by atoms with E-state index in [9.17, 15) is 10.1 Å². The summed E-state index contributed by atoms with van der Waals surface area (Å²) in [6.07, 6.45) is 3.14. The lowest BCUT2D eigenvalue weighted by Gasteiger charge is -2.35. The number of rotatable bonds is 5. The lowest BCUT2D eigenvalue weighted by Crippen LogP contribution is -2.42. The first kappa shape index (κ1) is 20.3. The molecule has 28 heavy (non-hydrogen) atoms. The Hall–Kier alpha value is -2.45. The molecule has 8 nitrogen and oxygen atoms in total. The maximum Gasteiger partial charge on any atom is 0.373 e. The lowest BCUT2D eigenvalue weighted by atomic mass is 10.0. The molecule has 0 atom stereocenters. The number of anilines is 1. The van der Waals surface area contributed by atoms with E-state index < -0.39 is 4.92 Å². The van der Waals surface area contributed by atoms with Crippen molar-refractivity contribution < 1.29 is 9.66 Å². The Bertz CT molecular complexity index is 861. The molecule has 0 aliphatic carbocycles. The third-order valence-electron chi connectivity index (χ3n) is 5.15. The summed E-state index contributed by atoms with van der Waals surface area (Å²) in [5.74, 6) is 0.650. The molecule has 0 radical (unpaired) electrons. The molecule has 1 fully saturated rings. The van der Waals surface area contributed by atoms with Crippen molar-refractivity contribution in [2.24, 2.45) is 0 Å². The minimum atomic E-state index is -0.480. The molecular formula is C19H24ClN5O3. The van der Waals surface area contributed by atoms with E-state index in [1.165, 1.54) is 6.33 Å². The zero-order chi connectivity index (χ0) is 20.4. The minimum absolute atomic E-state index is 0.0732. The third-order valence-corrected chi connectivity index (χ3v) is 5.74. The van der Waals surface area contributed by atoms with Gasteiger partial charge in [-0.3, -0.25) is 10.1 Å². The van der Waals surface area contributed by atoms with Crippen LogP contribution in [0.15, 0.2) is 18.5 Å². The van der Waals surface area contributed by atoms with Crippen LogP contribution in [0.3, 0.4) is 0 Å². The first-order chi connectivity index (χ1) is 13.3. The van der Waals surface area contributed by atoms with E-state index in [1.807, 2.05) is 25.8 Å². The van der Waals surface area contributed by atoms with Gasteiger partial charge >= 0.3 is 11.6 Å². The minimum Gasteiger partial charge on any atom is -0.434 e. The summed E-state index contributed by atoms with van der Waals surface area (Å²) in [5.41, 5.74) is 1.43. The van der Waals surface area contributed by atoms with Crippen molar-refractivity contribution in [2.75, 3.05) is 32.1 Å². The third kappa shape index (κ3) is 4.18. The number of likely N-dealkylation sites (tertiary alicyclic amines) is 1. The van der Waals surface area contributed by atoms with E-state index in [1.54, 1.807) is 12.1 Å². The van der Waals surface area contributed by atoms with Crippen LogP contribution in [-0.4, -0.2) is 53.0 Å². The molecule has 0 amide bonds. The zero-order valence-electron chi connectivity index (χ0n) is 16.5. The van der Waals surface area contributed by atoms with Crippen molar-refractivity contribution >= 4 is 23.1 Å². The fraction of sp³-hybridized carbons (Fsp3) is 0.474. The van der Waals surface area contributed by atoms with E-state index >= 15 is 0 Å². The number of hydrogen-bond acceptors (Lipinski definition) is 7. The second kappa shape index (κ2) is 8.28. The smallest absolute Gasteiger partial charge is 0.373 e. The van der Waals surface area contributed by atoms with Crippen LogP contribution in [-0.2, 0) is 0 Å². The van der Waals surface area contributed by atoms with Crippen LogP contribution in [0, 0.1) is 24.0 Å². The van der Waals surface area contributed by atoms with Gasteiger partial charge < -0.3 is 14.5 Å². The van der Waals surface area contributed by atoms with Gasteiger partial charge in [0.1, 0.15) is 12.1 Å². The molecule has 1 aliphatic heterocycles. The molecule has 0 unspecified atom stereocenters. The number of hydrogen-bond donors (Lipinski definition) is 0. The van der Waals surface area contributed by atoms with E-state index in [0.29, 0.717) is 10.8 Å². The van der Waals surface area contributed by atoms with Crippen molar-refractivity contribution in [1.82, 2.24) is 14.9 Å². The van der Waals surface area contributed by atoms with Gasteiger partial charge in [-0.1, -0.05) is 11.6 Å². The van der Waals surface area contributed by atoms with Gasteiger partial charge in [-0.25, -0.2) is 4.98 Å². The highest BCUT2D eigenvalue weighted by atomic mass is 35.5. The quantitative estimate of drug-likeness (QED) is 0.549. The summed E-state index contributed by atoms with van der Waals surface area (Å²) in [5, 5.41) is 12.5. The van der Waals surface area contributed by atoms with Crippen molar-refractivity contribution in [3.8, 4) is 11.6 Å². The molecule has 0 bridgehead atoms. The van der Waals surface area contributed by atoms with Gasteiger partial charge in [0.05, 0.1) is 4.92 Å². The topological polar surface area (TPSA) is 84.6 Å². The Morgan fingerprint density at radius 1 is 1.25 bits per heavy atom. The molecule has 2 heterocycles. The first-order valence-corrected chi connectivity index (χ1v) is 9.51. The monoisotopic (exact) mass is 405 g/mol. The number of piperidine rings is 1. The fourth-order valence-electron chi connectivity index (χ4n) is 3.48. The largest absolute Gasteiger partial charge is 0.434 e. The predicted octanol–water partition coefficient (Wildman–Crippen LogP) is 3.98. The average molecular weight is 406 g/mol. The molecular weight excluding hydrogens is 382 g/mol.